The predicted molar refractivity (Wildman–Crippen MR) is 187 cm³/mol. The van der Waals surface area contributed by atoms with E-state index in [0.717, 1.165) is 41.2 Å². The Morgan fingerprint density at radius 3 is 1.61 bits per heavy atom. The Morgan fingerprint density at radius 1 is 0.585 bits per heavy atom. The zero-order chi connectivity index (χ0) is 29.2. The van der Waals surface area contributed by atoms with Crippen LogP contribution >= 0.6 is 12.2 Å². The van der Waals surface area contributed by atoms with Gasteiger partial charge in [0.25, 0.3) is 0 Å². The second kappa shape index (κ2) is 24.6. The van der Waals surface area contributed by atoms with Gasteiger partial charge in [-0.2, -0.15) is 0 Å². The molecule has 0 unspecified atom stereocenters. The standard InChI is InChI=1S/C39H60OS/c1-3-5-7-8-9-10-11-12-13-14-15-16-17-18-19-20-21-22-25-35-28-30-37(31-29-35)39(41)33-32-36-26-23-24-27-38(36)40-34-6-4-2/h23-24,26-33H,3-22,25,34H2,1-2H3. The molecule has 228 valence electrons. The zero-order valence-corrected chi connectivity index (χ0v) is 27.5. The van der Waals surface area contributed by atoms with E-state index >= 15 is 0 Å². The van der Waals surface area contributed by atoms with E-state index in [1.165, 1.54) is 128 Å². The minimum Gasteiger partial charge on any atom is -0.493 e. The van der Waals surface area contributed by atoms with Crippen molar-refractivity contribution in [1.29, 1.82) is 0 Å². The highest BCUT2D eigenvalue weighted by Gasteiger charge is 2.03. The maximum Gasteiger partial charge on any atom is 0.126 e. The van der Waals surface area contributed by atoms with Crippen LogP contribution in [0.3, 0.4) is 0 Å². The quantitative estimate of drug-likeness (QED) is 0.0477. The van der Waals surface area contributed by atoms with Crippen molar-refractivity contribution in [2.75, 3.05) is 6.61 Å². The molecule has 0 saturated carbocycles. The van der Waals surface area contributed by atoms with Crippen LogP contribution in [0.15, 0.2) is 54.6 Å². The molecule has 0 aliphatic carbocycles. The van der Waals surface area contributed by atoms with Crippen molar-refractivity contribution in [3.05, 3.63) is 71.3 Å². The highest BCUT2D eigenvalue weighted by molar-refractivity contribution is 7.81. The molecule has 0 amide bonds. The zero-order valence-electron chi connectivity index (χ0n) is 26.6. The van der Waals surface area contributed by atoms with Crippen LogP contribution < -0.4 is 4.74 Å². The Morgan fingerprint density at radius 2 is 1.07 bits per heavy atom. The Bertz CT molecular complexity index is 929. The van der Waals surface area contributed by atoms with E-state index in [-0.39, 0.29) is 0 Å². The second-order valence-electron chi connectivity index (χ2n) is 11.9. The number of allylic oxidation sites excluding steroid dienone is 1. The topological polar surface area (TPSA) is 9.23 Å². The summed E-state index contributed by atoms with van der Waals surface area (Å²) in [6, 6.07) is 17.1. The fourth-order valence-corrected chi connectivity index (χ4v) is 5.61. The number of aryl methyl sites for hydroxylation is 1. The number of rotatable bonds is 26. The second-order valence-corrected chi connectivity index (χ2v) is 12.3. The summed E-state index contributed by atoms with van der Waals surface area (Å²) in [5.41, 5.74) is 3.62. The van der Waals surface area contributed by atoms with Gasteiger partial charge in [0.2, 0.25) is 0 Å². The number of hydrogen-bond acceptors (Lipinski definition) is 2. The third kappa shape index (κ3) is 17.6. The summed E-state index contributed by atoms with van der Waals surface area (Å²) in [4.78, 5) is 0.869. The van der Waals surface area contributed by atoms with Gasteiger partial charge in [-0.05, 0) is 48.6 Å². The number of unbranched alkanes of at least 4 members (excludes halogenated alkanes) is 18. The molecule has 0 aliphatic heterocycles. The summed E-state index contributed by atoms with van der Waals surface area (Å²) < 4.78 is 5.95. The molecule has 0 bridgehead atoms. The summed E-state index contributed by atoms with van der Waals surface area (Å²) in [7, 11) is 0. The molecule has 0 fully saturated rings. The van der Waals surface area contributed by atoms with Crippen molar-refractivity contribution in [2.24, 2.45) is 0 Å². The lowest BCUT2D eigenvalue weighted by molar-refractivity contribution is 0.309. The SMILES string of the molecule is CCCCCCCCCCCCCCCCCCCCc1ccc(C(=S)C=Cc2ccccc2OCCCC)cc1. The molecule has 41 heavy (non-hydrogen) atoms. The van der Waals surface area contributed by atoms with Gasteiger partial charge in [-0.3, -0.25) is 0 Å². The lowest BCUT2D eigenvalue weighted by atomic mass is 10.0. The summed E-state index contributed by atoms with van der Waals surface area (Å²) >= 11 is 5.70. The van der Waals surface area contributed by atoms with E-state index in [0.29, 0.717) is 0 Å². The molecule has 2 aromatic rings. The van der Waals surface area contributed by atoms with Crippen molar-refractivity contribution in [2.45, 2.75) is 149 Å². The van der Waals surface area contributed by atoms with Gasteiger partial charge < -0.3 is 4.74 Å². The minimum absolute atomic E-state index is 0.757. The van der Waals surface area contributed by atoms with Crippen LogP contribution in [0.5, 0.6) is 5.75 Å². The number of ether oxygens (including phenoxy) is 1. The molecule has 0 aliphatic rings. The van der Waals surface area contributed by atoms with Crippen LogP contribution in [0.25, 0.3) is 6.08 Å². The van der Waals surface area contributed by atoms with Gasteiger partial charge in [-0.1, -0.05) is 184 Å². The molecular weight excluding hydrogens is 516 g/mol. The lowest BCUT2D eigenvalue weighted by Gasteiger charge is -2.08. The molecule has 0 aromatic heterocycles. The summed E-state index contributed by atoms with van der Waals surface area (Å²) in [5, 5.41) is 0. The molecule has 0 radical (unpaired) electrons. The molecule has 0 N–H and O–H groups in total. The van der Waals surface area contributed by atoms with Crippen molar-refractivity contribution < 1.29 is 4.74 Å². The van der Waals surface area contributed by atoms with E-state index in [4.69, 9.17) is 17.0 Å². The van der Waals surface area contributed by atoms with Crippen LogP contribution in [0, 0.1) is 0 Å². The van der Waals surface area contributed by atoms with Crippen molar-refractivity contribution in [3.63, 3.8) is 0 Å². The Hall–Kier alpha value is -1.93. The summed E-state index contributed by atoms with van der Waals surface area (Å²) in [5.74, 6) is 0.930. The normalized spacial score (nSPS) is 11.4. The third-order valence-electron chi connectivity index (χ3n) is 8.15. The van der Waals surface area contributed by atoms with Gasteiger partial charge in [-0.25, -0.2) is 0 Å². The van der Waals surface area contributed by atoms with Crippen molar-refractivity contribution in [1.82, 2.24) is 0 Å². The molecule has 0 heterocycles. The third-order valence-corrected chi connectivity index (χ3v) is 8.52. The minimum atomic E-state index is 0.757. The van der Waals surface area contributed by atoms with Crippen molar-refractivity contribution >= 4 is 23.2 Å². The van der Waals surface area contributed by atoms with Gasteiger partial charge in [0.15, 0.2) is 0 Å². The largest absolute Gasteiger partial charge is 0.493 e. The predicted octanol–water partition coefficient (Wildman–Crippen LogP) is 12.9. The molecule has 0 spiro atoms. The first-order chi connectivity index (χ1) is 20.2. The number of thiocarbonyl (C=S) groups is 1. The molecule has 0 saturated heterocycles. The first-order valence-corrected chi connectivity index (χ1v) is 17.7. The summed E-state index contributed by atoms with van der Waals surface area (Å²) in [6.45, 7) is 5.24. The average molecular weight is 577 g/mol. The average Bonchev–Trinajstić information content (AvgIpc) is 3.00. The van der Waals surface area contributed by atoms with E-state index in [1.54, 1.807) is 0 Å². The van der Waals surface area contributed by atoms with Gasteiger partial charge in [-0.15, -0.1) is 0 Å². The maximum atomic E-state index is 5.95. The van der Waals surface area contributed by atoms with Crippen LogP contribution in [-0.2, 0) is 6.42 Å². The highest BCUT2D eigenvalue weighted by atomic mass is 32.1. The maximum absolute atomic E-state index is 5.95. The fourth-order valence-electron chi connectivity index (χ4n) is 5.40. The van der Waals surface area contributed by atoms with E-state index in [1.807, 2.05) is 24.3 Å². The van der Waals surface area contributed by atoms with Crippen LogP contribution in [-0.4, -0.2) is 11.5 Å². The van der Waals surface area contributed by atoms with Gasteiger partial charge in [0.05, 0.1) is 6.61 Å². The van der Waals surface area contributed by atoms with Crippen LogP contribution in [0.4, 0.5) is 0 Å². The Kier molecular flexibility index (Phi) is 21.2. The fraction of sp³-hybridized carbons (Fsp3) is 0.615. The first kappa shape index (κ1) is 35.3. The number of hydrogen-bond donors (Lipinski definition) is 0. The Balaban J connectivity index is 1.48. The van der Waals surface area contributed by atoms with E-state index < -0.39 is 0 Å². The monoisotopic (exact) mass is 576 g/mol. The molecular formula is C39H60OS. The Labute approximate surface area is 259 Å². The lowest BCUT2D eigenvalue weighted by Crippen LogP contribution is -1.98. The van der Waals surface area contributed by atoms with Gasteiger partial charge in [0.1, 0.15) is 5.75 Å². The molecule has 2 rings (SSSR count). The van der Waals surface area contributed by atoms with Crippen LogP contribution in [0.1, 0.15) is 159 Å². The van der Waals surface area contributed by atoms with Crippen LogP contribution in [0.2, 0.25) is 0 Å². The van der Waals surface area contributed by atoms with Gasteiger partial charge >= 0.3 is 0 Å². The molecule has 2 heteroatoms. The molecule has 0 atom stereocenters. The van der Waals surface area contributed by atoms with E-state index in [2.05, 4.69) is 50.3 Å². The highest BCUT2D eigenvalue weighted by Crippen LogP contribution is 2.21. The first-order valence-electron chi connectivity index (χ1n) is 17.3. The van der Waals surface area contributed by atoms with E-state index in [9.17, 15) is 0 Å². The molecule has 1 nitrogen and oxygen atoms in total. The van der Waals surface area contributed by atoms with Gasteiger partial charge in [0, 0.05) is 10.4 Å². The number of para-hydroxylation sites is 1. The summed E-state index contributed by atoms with van der Waals surface area (Å²) in [6.07, 6.45) is 33.1. The number of benzene rings is 2. The molecule has 2 aromatic carbocycles. The smallest absolute Gasteiger partial charge is 0.126 e. The van der Waals surface area contributed by atoms with Crippen molar-refractivity contribution in [3.8, 4) is 5.75 Å².